The molecule has 1 aliphatic rings. The van der Waals surface area contributed by atoms with Gasteiger partial charge >= 0.3 is 5.97 Å². The average Bonchev–Trinajstić information content (AvgIpc) is 2.40. The normalized spacial score (nSPS) is 22.6. The highest BCUT2D eigenvalue weighted by Gasteiger charge is 2.35. The number of aliphatic carboxylic acids is 1. The Balaban J connectivity index is 2.31. The first kappa shape index (κ1) is 14.7. The van der Waals surface area contributed by atoms with Crippen molar-refractivity contribution in [2.45, 2.75) is 25.8 Å². The summed E-state index contributed by atoms with van der Waals surface area (Å²) < 4.78 is 0. The van der Waals surface area contributed by atoms with Crippen LogP contribution in [0.3, 0.4) is 0 Å². The Morgan fingerprint density at radius 2 is 2.10 bits per heavy atom. The summed E-state index contributed by atoms with van der Waals surface area (Å²) in [7, 11) is 0. The molecule has 2 N–H and O–H groups in total. The third-order valence-electron chi connectivity index (χ3n) is 3.59. The van der Waals surface area contributed by atoms with Gasteiger partial charge in [-0.05, 0) is 37.0 Å². The van der Waals surface area contributed by atoms with Crippen molar-refractivity contribution in [3.8, 4) is 5.75 Å². The van der Waals surface area contributed by atoms with E-state index >= 15 is 0 Å². The smallest absolute Gasteiger partial charge is 0.326 e. The second-order valence-corrected chi connectivity index (χ2v) is 5.55. The summed E-state index contributed by atoms with van der Waals surface area (Å²) in [6.45, 7) is 2.35. The van der Waals surface area contributed by atoms with E-state index in [4.69, 9.17) is 11.6 Å². The Morgan fingerprint density at radius 3 is 2.75 bits per heavy atom. The minimum absolute atomic E-state index is 0.0741. The number of hydrogen-bond acceptors (Lipinski definition) is 3. The zero-order valence-electron chi connectivity index (χ0n) is 11.0. The molecule has 6 heteroatoms. The third kappa shape index (κ3) is 2.88. The molecule has 1 saturated heterocycles. The van der Waals surface area contributed by atoms with Crippen molar-refractivity contribution in [2.24, 2.45) is 5.92 Å². The molecule has 5 nitrogen and oxygen atoms in total. The summed E-state index contributed by atoms with van der Waals surface area (Å²) in [5.41, 5.74) is 0.132. The Hall–Kier alpha value is -1.75. The van der Waals surface area contributed by atoms with Crippen molar-refractivity contribution >= 4 is 23.5 Å². The van der Waals surface area contributed by atoms with Gasteiger partial charge in [0, 0.05) is 6.54 Å². The number of aromatic hydroxyl groups is 1. The lowest BCUT2D eigenvalue weighted by atomic mass is 9.92. The average molecular weight is 298 g/mol. The van der Waals surface area contributed by atoms with Gasteiger partial charge in [-0.25, -0.2) is 4.79 Å². The van der Waals surface area contributed by atoms with Crippen molar-refractivity contribution in [2.75, 3.05) is 6.54 Å². The number of likely N-dealkylation sites (tertiary alicyclic amines) is 1. The standard InChI is InChI=1S/C14H16ClNO4/c1-8-4-5-16(12(6-8)14(19)20)13(18)10-7-9(17)2-3-11(10)15/h2-3,7-8,12,17H,4-6H2,1H3,(H,19,20). The fourth-order valence-corrected chi connectivity index (χ4v) is 2.65. The number of carboxylic acids is 1. The zero-order chi connectivity index (χ0) is 14.9. The largest absolute Gasteiger partial charge is 0.508 e. The van der Waals surface area contributed by atoms with Crippen LogP contribution >= 0.6 is 11.6 Å². The van der Waals surface area contributed by atoms with Gasteiger partial charge < -0.3 is 15.1 Å². The van der Waals surface area contributed by atoms with E-state index in [2.05, 4.69) is 0 Å². The Kier molecular flexibility index (Phi) is 4.18. The highest BCUT2D eigenvalue weighted by atomic mass is 35.5. The molecule has 0 saturated carbocycles. The summed E-state index contributed by atoms with van der Waals surface area (Å²) in [6, 6.07) is 3.23. The highest BCUT2D eigenvalue weighted by Crippen LogP contribution is 2.28. The van der Waals surface area contributed by atoms with Crippen LogP contribution in [0.5, 0.6) is 5.75 Å². The molecule has 2 atom stereocenters. The number of benzene rings is 1. The van der Waals surface area contributed by atoms with E-state index in [0.717, 1.165) is 6.42 Å². The summed E-state index contributed by atoms with van der Waals surface area (Å²) >= 11 is 5.96. The summed E-state index contributed by atoms with van der Waals surface area (Å²) in [5.74, 6) is -1.28. The minimum Gasteiger partial charge on any atom is -0.508 e. The number of piperidine rings is 1. The number of halogens is 1. The monoisotopic (exact) mass is 297 g/mol. The maximum Gasteiger partial charge on any atom is 0.326 e. The first-order valence-corrected chi connectivity index (χ1v) is 6.80. The highest BCUT2D eigenvalue weighted by molar-refractivity contribution is 6.33. The number of carbonyl (C=O) groups excluding carboxylic acids is 1. The van der Waals surface area contributed by atoms with Crippen molar-refractivity contribution in [1.82, 2.24) is 4.90 Å². The van der Waals surface area contributed by atoms with Crippen molar-refractivity contribution < 1.29 is 19.8 Å². The SMILES string of the molecule is CC1CCN(C(=O)c2cc(O)ccc2Cl)C(C(=O)O)C1. The Bertz CT molecular complexity index is 546. The van der Waals surface area contributed by atoms with Crippen molar-refractivity contribution in [3.05, 3.63) is 28.8 Å². The lowest BCUT2D eigenvalue weighted by Crippen LogP contribution is -2.49. The number of hydrogen-bond donors (Lipinski definition) is 2. The van der Waals surface area contributed by atoms with Gasteiger partial charge in [0.1, 0.15) is 11.8 Å². The third-order valence-corrected chi connectivity index (χ3v) is 3.92. The number of carbonyl (C=O) groups is 2. The molecule has 1 aliphatic heterocycles. The van der Waals surface area contributed by atoms with E-state index in [9.17, 15) is 19.8 Å². The van der Waals surface area contributed by atoms with Crippen LogP contribution in [0.15, 0.2) is 18.2 Å². The number of carboxylic acid groups (broad SMARTS) is 1. The molecule has 1 aromatic carbocycles. The van der Waals surface area contributed by atoms with Gasteiger partial charge in [0.25, 0.3) is 5.91 Å². The van der Waals surface area contributed by atoms with Crippen LogP contribution in [0.25, 0.3) is 0 Å². The molecule has 1 heterocycles. The molecule has 0 radical (unpaired) electrons. The van der Waals surface area contributed by atoms with Crippen LogP contribution in [0.1, 0.15) is 30.1 Å². The second kappa shape index (κ2) is 5.71. The summed E-state index contributed by atoms with van der Waals surface area (Å²) in [4.78, 5) is 25.1. The summed E-state index contributed by atoms with van der Waals surface area (Å²) in [6.07, 6.45) is 1.18. The van der Waals surface area contributed by atoms with Gasteiger partial charge in [0.15, 0.2) is 0 Å². The molecule has 20 heavy (non-hydrogen) atoms. The number of rotatable bonds is 2. The quantitative estimate of drug-likeness (QED) is 0.878. The molecule has 1 amide bonds. The second-order valence-electron chi connectivity index (χ2n) is 5.15. The number of phenols is 1. The Morgan fingerprint density at radius 1 is 1.40 bits per heavy atom. The first-order chi connectivity index (χ1) is 9.40. The molecule has 0 aliphatic carbocycles. The van der Waals surface area contributed by atoms with Gasteiger partial charge in [-0.3, -0.25) is 4.79 Å². The molecule has 0 spiro atoms. The minimum atomic E-state index is -1.01. The number of nitrogens with zero attached hydrogens (tertiary/aromatic N) is 1. The zero-order valence-corrected chi connectivity index (χ0v) is 11.8. The van der Waals surface area contributed by atoms with E-state index < -0.39 is 17.9 Å². The molecule has 1 fully saturated rings. The Labute approximate surface area is 121 Å². The van der Waals surface area contributed by atoms with Crippen molar-refractivity contribution in [1.29, 1.82) is 0 Å². The summed E-state index contributed by atoms with van der Waals surface area (Å²) in [5, 5.41) is 18.9. The van der Waals surface area contributed by atoms with E-state index in [1.807, 2.05) is 6.92 Å². The van der Waals surface area contributed by atoms with Gasteiger partial charge in [0.05, 0.1) is 10.6 Å². The molecule has 108 valence electrons. The van der Waals surface area contributed by atoms with Crippen LogP contribution in [-0.2, 0) is 4.79 Å². The fraction of sp³-hybridized carbons (Fsp3) is 0.429. The van der Waals surface area contributed by atoms with E-state index in [1.54, 1.807) is 0 Å². The van der Waals surface area contributed by atoms with Crippen molar-refractivity contribution in [3.63, 3.8) is 0 Å². The van der Waals surface area contributed by atoms with Gasteiger partial charge in [-0.1, -0.05) is 18.5 Å². The molecule has 1 aromatic rings. The maximum absolute atomic E-state index is 12.5. The van der Waals surface area contributed by atoms with Gasteiger partial charge in [0.2, 0.25) is 0 Å². The molecular formula is C14H16ClNO4. The van der Waals surface area contributed by atoms with Crippen LogP contribution in [0, 0.1) is 5.92 Å². The molecule has 2 unspecified atom stereocenters. The number of amides is 1. The molecule has 0 bridgehead atoms. The van der Waals surface area contributed by atoms with Crippen LogP contribution in [0.4, 0.5) is 0 Å². The fourth-order valence-electron chi connectivity index (χ4n) is 2.45. The van der Waals surface area contributed by atoms with E-state index in [-0.39, 0.29) is 22.3 Å². The molecule has 2 rings (SSSR count). The lowest BCUT2D eigenvalue weighted by Gasteiger charge is -2.36. The van der Waals surface area contributed by atoms with Crippen LogP contribution in [-0.4, -0.2) is 39.6 Å². The molecule has 0 aromatic heterocycles. The van der Waals surface area contributed by atoms with Crippen LogP contribution in [0.2, 0.25) is 5.02 Å². The van der Waals surface area contributed by atoms with Crippen LogP contribution < -0.4 is 0 Å². The first-order valence-electron chi connectivity index (χ1n) is 6.42. The molecular weight excluding hydrogens is 282 g/mol. The predicted octanol–water partition coefficient (Wildman–Crippen LogP) is 2.37. The van der Waals surface area contributed by atoms with Gasteiger partial charge in [-0.15, -0.1) is 0 Å². The predicted molar refractivity (Wildman–Crippen MR) is 74.0 cm³/mol. The van der Waals surface area contributed by atoms with E-state index in [0.29, 0.717) is 13.0 Å². The maximum atomic E-state index is 12.5. The number of phenolic OH excluding ortho intramolecular Hbond substituents is 1. The lowest BCUT2D eigenvalue weighted by molar-refractivity contribution is -0.144. The topological polar surface area (TPSA) is 77.8 Å². The van der Waals surface area contributed by atoms with E-state index in [1.165, 1.54) is 23.1 Å². The van der Waals surface area contributed by atoms with Gasteiger partial charge in [-0.2, -0.15) is 0 Å².